The van der Waals surface area contributed by atoms with Crippen molar-refractivity contribution in [2.45, 2.75) is 64.7 Å². The quantitative estimate of drug-likeness (QED) is 0.116. The lowest BCUT2D eigenvalue weighted by molar-refractivity contribution is 0.200. The van der Waals surface area contributed by atoms with E-state index in [4.69, 9.17) is 20.2 Å². The van der Waals surface area contributed by atoms with Crippen molar-refractivity contribution in [1.29, 1.82) is 5.41 Å². The Morgan fingerprint density at radius 3 is 2.49 bits per heavy atom. The second-order valence-electron chi connectivity index (χ2n) is 10.5. The second kappa shape index (κ2) is 13.4. The Morgan fingerprint density at radius 1 is 1.07 bits per heavy atom. The molecule has 11 nitrogen and oxygen atoms in total. The summed E-state index contributed by atoms with van der Waals surface area (Å²) in [5, 5.41) is 19.3. The van der Waals surface area contributed by atoms with Crippen molar-refractivity contribution in [1.82, 2.24) is 29.8 Å². The van der Waals surface area contributed by atoms with Crippen LogP contribution in [0.4, 0.5) is 4.79 Å². The number of nitrogens with one attached hydrogen (secondary N) is 2. The molecule has 4 aromatic rings. The van der Waals surface area contributed by atoms with Gasteiger partial charge in [-0.3, -0.25) is 20.5 Å². The maximum atomic E-state index is 14.2. The van der Waals surface area contributed by atoms with Gasteiger partial charge in [0.2, 0.25) is 5.95 Å². The minimum atomic E-state index is -1.31. The van der Waals surface area contributed by atoms with E-state index in [1.165, 1.54) is 0 Å². The largest absolute Gasteiger partial charge is 0.491 e. The van der Waals surface area contributed by atoms with Crippen molar-refractivity contribution in [2.75, 3.05) is 6.61 Å². The highest BCUT2D eigenvalue weighted by Crippen LogP contribution is 2.39. The van der Waals surface area contributed by atoms with E-state index in [1.54, 1.807) is 41.4 Å². The number of rotatable bonds is 12. The predicted octanol–water partition coefficient (Wildman–Crippen LogP) is 5.28. The zero-order valence-corrected chi connectivity index (χ0v) is 24.3. The lowest BCUT2D eigenvalue weighted by Crippen LogP contribution is -2.30. The minimum absolute atomic E-state index is 0.171. The SMILES string of the molecule is CCCCCc1nc(C2CC2)n(-c2ncc(OCC)cn2)c(=O)c1Cc1ccc(-c2ccccc2C(=N)NC(=O)O)nc1. The molecule has 1 aromatic carbocycles. The van der Waals surface area contributed by atoms with Gasteiger partial charge >= 0.3 is 6.09 Å². The van der Waals surface area contributed by atoms with Gasteiger partial charge in [-0.1, -0.05) is 50.1 Å². The van der Waals surface area contributed by atoms with Crippen LogP contribution in [-0.2, 0) is 12.8 Å². The topological polar surface area (TPSA) is 156 Å². The number of aromatic nitrogens is 5. The summed E-state index contributed by atoms with van der Waals surface area (Å²) < 4.78 is 7.06. The monoisotopic (exact) mass is 581 g/mol. The molecule has 0 atom stereocenters. The predicted molar refractivity (Wildman–Crippen MR) is 162 cm³/mol. The van der Waals surface area contributed by atoms with Gasteiger partial charge in [-0.2, -0.15) is 0 Å². The van der Waals surface area contributed by atoms with Crippen molar-refractivity contribution in [3.63, 3.8) is 0 Å². The van der Waals surface area contributed by atoms with E-state index in [9.17, 15) is 9.59 Å². The van der Waals surface area contributed by atoms with Gasteiger partial charge in [-0.25, -0.2) is 24.3 Å². The molecule has 3 N–H and O–H groups in total. The molecule has 3 aromatic heterocycles. The molecule has 5 rings (SSSR count). The molecule has 1 saturated carbocycles. The number of carbonyl (C=O) groups is 1. The molecule has 3 heterocycles. The van der Waals surface area contributed by atoms with Crippen LogP contribution in [0.3, 0.4) is 0 Å². The maximum Gasteiger partial charge on any atom is 0.410 e. The number of pyridine rings is 1. The van der Waals surface area contributed by atoms with Crippen LogP contribution in [0.15, 0.2) is 59.8 Å². The van der Waals surface area contributed by atoms with Gasteiger partial charge in [0, 0.05) is 35.2 Å². The smallest absolute Gasteiger partial charge is 0.410 e. The van der Waals surface area contributed by atoms with Gasteiger partial charge in [0.15, 0.2) is 5.75 Å². The average Bonchev–Trinajstić information content (AvgIpc) is 3.85. The molecule has 0 spiro atoms. The second-order valence-corrected chi connectivity index (χ2v) is 10.5. The summed E-state index contributed by atoms with van der Waals surface area (Å²) in [5.74, 6) is 1.51. The zero-order chi connectivity index (χ0) is 30.3. The molecule has 0 unspecified atom stereocenters. The number of nitrogens with zero attached hydrogens (tertiary/aromatic N) is 5. The first-order valence-corrected chi connectivity index (χ1v) is 14.6. The number of hydrogen-bond donors (Lipinski definition) is 3. The van der Waals surface area contributed by atoms with Gasteiger partial charge < -0.3 is 9.84 Å². The molecule has 43 heavy (non-hydrogen) atoms. The highest BCUT2D eigenvalue weighted by Gasteiger charge is 2.32. The molecule has 0 saturated heterocycles. The summed E-state index contributed by atoms with van der Waals surface area (Å²) in [6.45, 7) is 4.53. The Hall–Kier alpha value is -4.93. The summed E-state index contributed by atoms with van der Waals surface area (Å²) in [5.41, 5.74) is 3.69. The van der Waals surface area contributed by atoms with E-state index >= 15 is 0 Å². The fourth-order valence-electron chi connectivity index (χ4n) is 5.01. The molecule has 1 aliphatic rings. The zero-order valence-electron chi connectivity index (χ0n) is 24.3. The Labute approximate surface area is 249 Å². The van der Waals surface area contributed by atoms with Crippen LogP contribution in [0.5, 0.6) is 5.75 Å². The number of amidine groups is 1. The van der Waals surface area contributed by atoms with Crippen LogP contribution < -0.4 is 15.6 Å². The Balaban J connectivity index is 1.51. The van der Waals surface area contributed by atoms with Gasteiger partial charge in [-0.15, -0.1) is 0 Å². The standard InChI is InChI=1S/C32H35N7O4/c1-3-5-6-11-27-25(30(40)39(29(37-27)21-13-14-21)31-35-18-22(19-36-31)43-4-2)16-20-12-15-26(34-17-20)23-9-7-8-10-24(23)28(33)38-32(41)42/h7-10,12,15,17-19,21H,3-6,11,13-14,16H2,1-2H3,(H2,33,38)(H,41,42). The molecule has 222 valence electrons. The first kappa shape index (κ1) is 29.6. The molecule has 1 amide bonds. The molecule has 0 bridgehead atoms. The molecule has 1 fully saturated rings. The van der Waals surface area contributed by atoms with Gasteiger partial charge in [-0.05, 0) is 44.2 Å². The number of unbranched alkanes of at least 4 members (excludes halogenated alkanes) is 2. The average molecular weight is 582 g/mol. The van der Waals surface area contributed by atoms with E-state index in [0.29, 0.717) is 53.4 Å². The summed E-state index contributed by atoms with van der Waals surface area (Å²) in [4.78, 5) is 43.9. The van der Waals surface area contributed by atoms with Crippen molar-refractivity contribution < 1.29 is 14.6 Å². The Bertz CT molecular complexity index is 1660. The van der Waals surface area contributed by atoms with E-state index in [0.717, 1.165) is 43.4 Å². The molecule has 1 aliphatic carbocycles. The number of hydrogen-bond acceptors (Lipinski definition) is 8. The van der Waals surface area contributed by atoms with E-state index in [2.05, 4.69) is 27.2 Å². The van der Waals surface area contributed by atoms with Crippen molar-refractivity contribution in [3.8, 4) is 23.0 Å². The Morgan fingerprint density at radius 2 is 1.84 bits per heavy atom. The first-order chi connectivity index (χ1) is 20.9. The number of carboxylic acid groups (broad SMARTS) is 1. The molecular weight excluding hydrogens is 546 g/mol. The Kier molecular flexibility index (Phi) is 9.19. The normalized spacial score (nSPS) is 12.6. The van der Waals surface area contributed by atoms with Crippen LogP contribution in [-0.4, -0.2) is 48.1 Å². The summed E-state index contributed by atoms with van der Waals surface area (Å²) >= 11 is 0. The molecule has 0 radical (unpaired) electrons. The lowest BCUT2D eigenvalue weighted by atomic mass is 10.00. The van der Waals surface area contributed by atoms with Crippen molar-refractivity contribution in [2.24, 2.45) is 0 Å². The summed E-state index contributed by atoms with van der Waals surface area (Å²) in [6, 6.07) is 10.7. The number of ether oxygens (including phenoxy) is 1. The van der Waals surface area contributed by atoms with E-state index in [-0.39, 0.29) is 23.3 Å². The van der Waals surface area contributed by atoms with Gasteiger partial charge in [0.05, 0.1) is 30.4 Å². The van der Waals surface area contributed by atoms with Crippen molar-refractivity contribution in [3.05, 3.63) is 93.6 Å². The van der Waals surface area contributed by atoms with Crippen LogP contribution in [0, 0.1) is 5.41 Å². The molecule has 0 aliphatic heterocycles. The third-order valence-electron chi connectivity index (χ3n) is 7.28. The summed E-state index contributed by atoms with van der Waals surface area (Å²) in [6.07, 6.45) is 9.61. The fourth-order valence-corrected chi connectivity index (χ4v) is 5.01. The van der Waals surface area contributed by atoms with Crippen LogP contribution in [0.1, 0.15) is 80.1 Å². The molecular formula is C32H35N7O4. The van der Waals surface area contributed by atoms with E-state index in [1.807, 2.05) is 25.1 Å². The van der Waals surface area contributed by atoms with Crippen LogP contribution >= 0.6 is 0 Å². The number of aryl methyl sites for hydroxylation is 1. The maximum absolute atomic E-state index is 14.2. The minimum Gasteiger partial charge on any atom is -0.491 e. The summed E-state index contributed by atoms with van der Waals surface area (Å²) in [7, 11) is 0. The number of amides is 1. The van der Waals surface area contributed by atoms with Gasteiger partial charge in [0.1, 0.15) is 11.7 Å². The van der Waals surface area contributed by atoms with E-state index < -0.39 is 6.09 Å². The first-order valence-electron chi connectivity index (χ1n) is 14.6. The van der Waals surface area contributed by atoms with Crippen LogP contribution in [0.2, 0.25) is 0 Å². The highest BCUT2D eigenvalue weighted by atomic mass is 16.5. The highest BCUT2D eigenvalue weighted by molar-refractivity contribution is 6.08. The fraction of sp³-hybridized carbons (Fsp3) is 0.344. The number of benzene rings is 1. The lowest BCUT2D eigenvalue weighted by Gasteiger charge is -2.16. The van der Waals surface area contributed by atoms with Crippen LogP contribution in [0.25, 0.3) is 17.2 Å². The third kappa shape index (κ3) is 6.94. The third-order valence-corrected chi connectivity index (χ3v) is 7.28. The van der Waals surface area contributed by atoms with Crippen molar-refractivity contribution >= 4 is 11.9 Å². The van der Waals surface area contributed by atoms with Gasteiger partial charge in [0.25, 0.3) is 5.56 Å². The molecule has 11 heteroatoms.